The Morgan fingerprint density at radius 3 is 2.95 bits per heavy atom. The van der Waals surface area contributed by atoms with Gasteiger partial charge in [0.25, 0.3) is 5.91 Å². The first-order valence-electron chi connectivity index (χ1n) is 7.18. The van der Waals surface area contributed by atoms with Crippen LogP contribution in [0.4, 0.5) is 0 Å². The van der Waals surface area contributed by atoms with Gasteiger partial charge in [-0.25, -0.2) is 4.98 Å². The number of aromatic nitrogens is 4. The minimum atomic E-state index is -0.215. The molecule has 0 fully saturated rings. The molecule has 22 heavy (non-hydrogen) atoms. The van der Waals surface area contributed by atoms with Crippen molar-refractivity contribution in [3.05, 3.63) is 48.0 Å². The van der Waals surface area contributed by atoms with Crippen LogP contribution in [0.2, 0.25) is 0 Å². The van der Waals surface area contributed by atoms with Crippen LogP contribution in [0.15, 0.2) is 35.1 Å². The van der Waals surface area contributed by atoms with E-state index in [9.17, 15) is 4.79 Å². The summed E-state index contributed by atoms with van der Waals surface area (Å²) in [5.74, 6) is 1.22. The van der Waals surface area contributed by atoms with Crippen LogP contribution in [-0.2, 0) is 6.42 Å². The van der Waals surface area contributed by atoms with E-state index in [0.717, 1.165) is 5.65 Å². The zero-order chi connectivity index (χ0) is 15.5. The van der Waals surface area contributed by atoms with Gasteiger partial charge < -0.3 is 14.2 Å². The first-order valence-corrected chi connectivity index (χ1v) is 7.18. The minimum absolute atomic E-state index is 0.215. The number of hydrogen-bond donors (Lipinski definition) is 1. The second-order valence-electron chi connectivity index (χ2n) is 5.30. The van der Waals surface area contributed by atoms with Gasteiger partial charge in [0.1, 0.15) is 11.3 Å². The van der Waals surface area contributed by atoms with Crippen molar-refractivity contribution < 1.29 is 9.32 Å². The molecule has 0 saturated heterocycles. The largest absolute Gasteiger partial charge is 0.350 e. The molecule has 0 spiro atoms. The maximum absolute atomic E-state index is 12.1. The number of fused-ring (bicyclic) bond motifs is 1. The van der Waals surface area contributed by atoms with Gasteiger partial charge in [-0.05, 0) is 12.1 Å². The fourth-order valence-corrected chi connectivity index (χ4v) is 2.02. The molecule has 0 unspecified atom stereocenters. The molecule has 3 rings (SSSR count). The van der Waals surface area contributed by atoms with Crippen molar-refractivity contribution in [2.75, 3.05) is 6.54 Å². The van der Waals surface area contributed by atoms with Gasteiger partial charge >= 0.3 is 0 Å². The molecule has 3 aromatic rings. The van der Waals surface area contributed by atoms with Crippen LogP contribution in [0.1, 0.15) is 42.0 Å². The standard InChI is InChI=1S/C15H17N5O2/c1-10(2)14-18-13(22-19-14)6-7-16-15(21)11-9-20-8-4-3-5-12(20)17-11/h3-5,8-10H,6-7H2,1-2H3,(H,16,21). The maximum Gasteiger partial charge on any atom is 0.271 e. The summed E-state index contributed by atoms with van der Waals surface area (Å²) in [6.07, 6.45) is 4.05. The summed E-state index contributed by atoms with van der Waals surface area (Å²) in [5.41, 5.74) is 1.13. The van der Waals surface area contributed by atoms with Crippen molar-refractivity contribution in [1.82, 2.24) is 24.8 Å². The van der Waals surface area contributed by atoms with Gasteiger partial charge in [-0.1, -0.05) is 25.1 Å². The van der Waals surface area contributed by atoms with E-state index in [-0.39, 0.29) is 11.8 Å². The molecule has 114 valence electrons. The van der Waals surface area contributed by atoms with E-state index < -0.39 is 0 Å². The first-order chi connectivity index (χ1) is 10.6. The monoisotopic (exact) mass is 299 g/mol. The van der Waals surface area contributed by atoms with E-state index in [1.54, 1.807) is 6.20 Å². The summed E-state index contributed by atoms with van der Waals surface area (Å²) < 4.78 is 6.94. The number of pyridine rings is 1. The maximum atomic E-state index is 12.1. The Morgan fingerprint density at radius 2 is 2.23 bits per heavy atom. The van der Waals surface area contributed by atoms with Crippen molar-refractivity contribution in [1.29, 1.82) is 0 Å². The predicted octanol–water partition coefficient (Wildman–Crippen LogP) is 1.81. The fourth-order valence-electron chi connectivity index (χ4n) is 2.02. The molecule has 3 heterocycles. The molecule has 0 saturated carbocycles. The molecule has 0 atom stereocenters. The highest BCUT2D eigenvalue weighted by Crippen LogP contribution is 2.09. The van der Waals surface area contributed by atoms with Crippen LogP contribution < -0.4 is 5.32 Å². The van der Waals surface area contributed by atoms with Crippen LogP contribution in [0.3, 0.4) is 0 Å². The number of nitrogens with one attached hydrogen (secondary N) is 1. The molecule has 0 bridgehead atoms. The lowest BCUT2D eigenvalue weighted by Crippen LogP contribution is -2.26. The predicted molar refractivity (Wildman–Crippen MR) is 79.6 cm³/mol. The summed E-state index contributed by atoms with van der Waals surface area (Å²) in [7, 11) is 0. The Labute approximate surface area is 127 Å². The quantitative estimate of drug-likeness (QED) is 0.776. The zero-order valence-electron chi connectivity index (χ0n) is 12.5. The Kier molecular flexibility index (Phi) is 3.86. The lowest BCUT2D eigenvalue weighted by Gasteiger charge is -1.99. The second-order valence-corrected chi connectivity index (χ2v) is 5.30. The zero-order valence-corrected chi connectivity index (χ0v) is 12.5. The number of imidazole rings is 1. The number of carbonyl (C=O) groups is 1. The van der Waals surface area contributed by atoms with Gasteiger partial charge in [0, 0.05) is 31.3 Å². The smallest absolute Gasteiger partial charge is 0.271 e. The van der Waals surface area contributed by atoms with Crippen molar-refractivity contribution in [3.8, 4) is 0 Å². The highest BCUT2D eigenvalue weighted by Gasteiger charge is 2.12. The lowest BCUT2D eigenvalue weighted by atomic mass is 10.2. The number of nitrogens with zero attached hydrogens (tertiary/aromatic N) is 4. The van der Waals surface area contributed by atoms with E-state index in [2.05, 4.69) is 20.4 Å². The highest BCUT2D eigenvalue weighted by atomic mass is 16.5. The Morgan fingerprint density at radius 1 is 1.36 bits per heavy atom. The molecule has 1 N–H and O–H groups in total. The van der Waals surface area contributed by atoms with Crippen molar-refractivity contribution in [2.24, 2.45) is 0 Å². The lowest BCUT2D eigenvalue weighted by molar-refractivity contribution is 0.0949. The molecule has 0 radical (unpaired) electrons. The van der Waals surface area contributed by atoms with Crippen LogP contribution in [-0.4, -0.2) is 32.0 Å². The van der Waals surface area contributed by atoms with Crippen LogP contribution in [0.5, 0.6) is 0 Å². The first kappa shape index (κ1) is 14.2. The van der Waals surface area contributed by atoms with Crippen LogP contribution in [0.25, 0.3) is 5.65 Å². The SMILES string of the molecule is CC(C)c1noc(CCNC(=O)c2cn3ccccc3n2)n1. The molecule has 0 aliphatic carbocycles. The average Bonchev–Trinajstić information content (AvgIpc) is 3.13. The molecule has 3 aromatic heterocycles. The summed E-state index contributed by atoms with van der Waals surface area (Å²) >= 11 is 0. The molecule has 1 amide bonds. The number of rotatable bonds is 5. The van der Waals surface area contributed by atoms with Gasteiger partial charge in [0.05, 0.1) is 0 Å². The average molecular weight is 299 g/mol. The van der Waals surface area contributed by atoms with Gasteiger partial charge in [0.2, 0.25) is 5.89 Å². The van der Waals surface area contributed by atoms with Crippen LogP contribution in [0, 0.1) is 0 Å². The van der Waals surface area contributed by atoms with Gasteiger partial charge in [-0.15, -0.1) is 0 Å². The highest BCUT2D eigenvalue weighted by molar-refractivity contribution is 5.92. The molecule has 0 aromatic carbocycles. The fraction of sp³-hybridized carbons (Fsp3) is 0.333. The summed E-state index contributed by atoms with van der Waals surface area (Å²) in [6, 6.07) is 5.62. The number of hydrogen-bond acceptors (Lipinski definition) is 5. The second kappa shape index (κ2) is 5.97. The molecule has 7 heteroatoms. The third-order valence-corrected chi connectivity index (χ3v) is 3.22. The topological polar surface area (TPSA) is 85.3 Å². The Balaban J connectivity index is 1.57. The molecular formula is C15H17N5O2. The van der Waals surface area contributed by atoms with Gasteiger partial charge in [0.15, 0.2) is 5.82 Å². The van der Waals surface area contributed by atoms with E-state index in [0.29, 0.717) is 30.4 Å². The van der Waals surface area contributed by atoms with Gasteiger partial charge in [-0.2, -0.15) is 4.98 Å². The third kappa shape index (κ3) is 2.98. The minimum Gasteiger partial charge on any atom is -0.350 e. The number of carbonyl (C=O) groups excluding carboxylic acids is 1. The summed E-state index contributed by atoms with van der Waals surface area (Å²) in [6.45, 7) is 4.42. The van der Waals surface area contributed by atoms with Gasteiger partial charge in [-0.3, -0.25) is 4.79 Å². The molecule has 7 nitrogen and oxygen atoms in total. The normalized spacial score (nSPS) is 11.2. The Bertz CT molecular complexity index is 757. The van der Waals surface area contributed by atoms with Crippen molar-refractivity contribution in [3.63, 3.8) is 0 Å². The van der Waals surface area contributed by atoms with E-state index in [4.69, 9.17) is 4.52 Å². The molecule has 0 aliphatic rings. The van der Waals surface area contributed by atoms with E-state index in [1.807, 2.05) is 42.6 Å². The van der Waals surface area contributed by atoms with Crippen molar-refractivity contribution >= 4 is 11.6 Å². The number of amides is 1. The van der Waals surface area contributed by atoms with Crippen molar-refractivity contribution in [2.45, 2.75) is 26.2 Å². The summed E-state index contributed by atoms with van der Waals surface area (Å²) in [4.78, 5) is 20.6. The van der Waals surface area contributed by atoms with E-state index in [1.165, 1.54) is 0 Å². The molecular weight excluding hydrogens is 282 g/mol. The molecule has 0 aliphatic heterocycles. The van der Waals surface area contributed by atoms with E-state index >= 15 is 0 Å². The Hall–Kier alpha value is -2.70. The summed E-state index contributed by atoms with van der Waals surface area (Å²) in [5, 5.41) is 6.69. The third-order valence-electron chi connectivity index (χ3n) is 3.22. The van der Waals surface area contributed by atoms with Crippen LogP contribution >= 0.6 is 0 Å².